The van der Waals surface area contributed by atoms with Crippen molar-refractivity contribution in [3.8, 4) is 0 Å². The third-order valence-electron chi connectivity index (χ3n) is 3.05. The van der Waals surface area contributed by atoms with E-state index in [0.717, 1.165) is 24.9 Å². The van der Waals surface area contributed by atoms with Crippen LogP contribution in [0.2, 0.25) is 0 Å². The SMILES string of the molecule is CC(=O)NCCNC1CC(C(C)C)C1. The maximum absolute atomic E-state index is 10.6. The second-order valence-corrected chi connectivity index (χ2v) is 4.61. The summed E-state index contributed by atoms with van der Waals surface area (Å²) >= 11 is 0. The summed E-state index contributed by atoms with van der Waals surface area (Å²) in [4.78, 5) is 10.6. The summed E-state index contributed by atoms with van der Waals surface area (Å²) in [5.41, 5.74) is 0. The van der Waals surface area contributed by atoms with E-state index < -0.39 is 0 Å². The van der Waals surface area contributed by atoms with Crippen molar-refractivity contribution >= 4 is 5.91 Å². The first-order valence-electron chi connectivity index (χ1n) is 5.57. The minimum atomic E-state index is 0.0560. The molecule has 0 aliphatic heterocycles. The summed E-state index contributed by atoms with van der Waals surface area (Å²) in [5.74, 6) is 1.79. The standard InChI is InChI=1S/C11H22N2O/c1-8(2)10-6-11(7-10)13-5-4-12-9(3)14/h8,10-11,13H,4-7H2,1-3H3,(H,12,14). The van der Waals surface area contributed by atoms with Gasteiger partial charge in [-0.25, -0.2) is 0 Å². The van der Waals surface area contributed by atoms with Crippen LogP contribution in [0.3, 0.4) is 0 Å². The monoisotopic (exact) mass is 198 g/mol. The van der Waals surface area contributed by atoms with Crippen LogP contribution in [-0.2, 0) is 4.79 Å². The highest BCUT2D eigenvalue weighted by atomic mass is 16.1. The molecule has 0 aromatic carbocycles. The van der Waals surface area contributed by atoms with Crippen LogP contribution in [-0.4, -0.2) is 25.0 Å². The first kappa shape index (κ1) is 11.5. The average molecular weight is 198 g/mol. The molecule has 3 nitrogen and oxygen atoms in total. The van der Waals surface area contributed by atoms with E-state index >= 15 is 0 Å². The molecule has 0 radical (unpaired) electrons. The van der Waals surface area contributed by atoms with Crippen molar-refractivity contribution in [2.45, 2.75) is 39.7 Å². The zero-order valence-corrected chi connectivity index (χ0v) is 9.47. The molecule has 0 saturated heterocycles. The quantitative estimate of drug-likeness (QED) is 0.651. The van der Waals surface area contributed by atoms with Crippen molar-refractivity contribution in [3.63, 3.8) is 0 Å². The van der Waals surface area contributed by atoms with Crippen LogP contribution in [0.4, 0.5) is 0 Å². The molecule has 0 spiro atoms. The lowest BCUT2D eigenvalue weighted by Gasteiger charge is -2.38. The molecule has 0 heterocycles. The molecule has 1 amide bonds. The Labute approximate surface area is 86.6 Å². The summed E-state index contributed by atoms with van der Waals surface area (Å²) in [6.45, 7) is 7.78. The molecule has 0 aromatic heterocycles. The maximum atomic E-state index is 10.6. The number of hydrogen-bond acceptors (Lipinski definition) is 2. The first-order chi connectivity index (χ1) is 6.59. The molecule has 1 rings (SSSR count). The summed E-state index contributed by atoms with van der Waals surface area (Å²) in [5, 5.41) is 6.23. The minimum absolute atomic E-state index is 0.0560. The van der Waals surface area contributed by atoms with Gasteiger partial charge in [0, 0.05) is 26.1 Å². The molecule has 0 bridgehead atoms. The van der Waals surface area contributed by atoms with Crippen molar-refractivity contribution in [2.75, 3.05) is 13.1 Å². The summed E-state index contributed by atoms with van der Waals surface area (Å²) < 4.78 is 0. The maximum Gasteiger partial charge on any atom is 0.216 e. The van der Waals surface area contributed by atoms with Crippen LogP contribution in [0.15, 0.2) is 0 Å². The molecule has 1 saturated carbocycles. The lowest BCUT2D eigenvalue weighted by atomic mass is 9.74. The van der Waals surface area contributed by atoms with Crippen LogP contribution in [0.25, 0.3) is 0 Å². The Morgan fingerprint density at radius 2 is 2.00 bits per heavy atom. The average Bonchev–Trinajstić information content (AvgIpc) is 1.98. The van der Waals surface area contributed by atoms with Gasteiger partial charge in [-0.3, -0.25) is 4.79 Å². The Balaban J connectivity index is 1.93. The molecule has 1 fully saturated rings. The van der Waals surface area contributed by atoms with E-state index in [1.807, 2.05) is 0 Å². The number of hydrogen-bond donors (Lipinski definition) is 2. The van der Waals surface area contributed by atoms with Crippen molar-refractivity contribution in [1.29, 1.82) is 0 Å². The van der Waals surface area contributed by atoms with Gasteiger partial charge in [-0.1, -0.05) is 13.8 Å². The van der Waals surface area contributed by atoms with Crippen molar-refractivity contribution < 1.29 is 4.79 Å². The van der Waals surface area contributed by atoms with Crippen LogP contribution >= 0.6 is 0 Å². The molecule has 0 unspecified atom stereocenters. The normalized spacial score (nSPS) is 26.0. The lowest BCUT2D eigenvalue weighted by Crippen LogP contribution is -2.45. The van der Waals surface area contributed by atoms with E-state index in [0.29, 0.717) is 6.04 Å². The number of carbonyl (C=O) groups excluding carboxylic acids is 1. The first-order valence-corrected chi connectivity index (χ1v) is 5.57. The van der Waals surface area contributed by atoms with E-state index in [4.69, 9.17) is 0 Å². The predicted molar refractivity (Wildman–Crippen MR) is 58.0 cm³/mol. The highest BCUT2D eigenvalue weighted by Crippen LogP contribution is 2.33. The van der Waals surface area contributed by atoms with E-state index in [2.05, 4.69) is 24.5 Å². The van der Waals surface area contributed by atoms with Gasteiger partial charge in [0.15, 0.2) is 0 Å². The molecule has 0 aromatic rings. The number of nitrogens with one attached hydrogen (secondary N) is 2. The Morgan fingerprint density at radius 3 is 2.50 bits per heavy atom. The van der Waals surface area contributed by atoms with Gasteiger partial charge in [0.05, 0.1) is 0 Å². The third-order valence-corrected chi connectivity index (χ3v) is 3.05. The zero-order chi connectivity index (χ0) is 10.6. The van der Waals surface area contributed by atoms with Gasteiger partial charge >= 0.3 is 0 Å². The summed E-state index contributed by atoms with van der Waals surface area (Å²) in [6.07, 6.45) is 2.61. The second-order valence-electron chi connectivity index (χ2n) is 4.61. The summed E-state index contributed by atoms with van der Waals surface area (Å²) in [6, 6.07) is 0.691. The minimum Gasteiger partial charge on any atom is -0.355 e. The van der Waals surface area contributed by atoms with Crippen LogP contribution in [0.1, 0.15) is 33.6 Å². The number of carbonyl (C=O) groups is 1. The van der Waals surface area contributed by atoms with Crippen molar-refractivity contribution in [1.82, 2.24) is 10.6 Å². The lowest BCUT2D eigenvalue weighted by molar-refractivity contribution is -0.118. The molecule has 3 heteroatoms. The van der Waals surface area contributed by atoms with E-state index in [-0.39, 0.29) is 5.91 Å². The second kappa shape index (κ2) is 5.35. The van der Waals surface area contributed by atoms with Crippen LogP contribution in [0, 0.1) is 11.8 Å². The predicted octanol–water partition coefficient (Wildman–Crippen LogP) is 1.15. The van der Waals surface area contributed by atoms with Gasteiger partial charge in [-0.2, -0.15) is 0 Å². The molecular formula is C11H22N2O. The topological polar surface area (TPSA) is 41.1 Å². The van der Waals surface area contributed by atoms with Gasteiger partial charge in [-0.15, -0.1) is 0 Å². The van der Waals surface area contributed by atoms with Crippen molar-refractivity contribution in [3.05, 3.63) is 0 Å². The van der Waals surface area contributed by atoms with Crippen molar-refractivity contribution in [2.24, 2.45) is 11.8 Å². The third kappa shape index (κ3) is 3.66. The van der Waals surface area contributed by atoms with Crippen LogP contribution < -0.4 is 10.6 Å². The molecule has 1 aliphatic carbocycles. The summed E-state index contributed by atoms with van der Waals surface area (Å²) in [7, 11) is 0. The van der Waals surface area contributed by atoms with Crippen LogP contribution in [0.5, 0.6) is 0 Å². The number of rotatable bonds is 5. The highest BCUT2D eigenvalue weighted by Gasteiger charge is 2.30. The fourth-order valence-electron chi connectivity index (χ4n) is 1.89. The van der Waals surface area contributed by atoms with Gasteiger partial charge in [0.2, 0.25) is 5.91 Å². The largest absolute Gasteiger partial charge is 0.355 e. The Kier molecular flexibility index (Phi) is 4.39. The van der Waals surface area contributed by atoms with Gasteiger partial charge < -0.3 is 10.6 Å². The molecule has 1 aliphatic rings. The molecule has 2 N–H and O–H groups in total. The zero-order valence-electron chi connectivity index (χ0n) is 9.47. The Morgan fingerprint density at radius 1 is 1.36 bits per heavy atom. The molecular weight excluding hydrogens is 176 g/mol. The molecule has 0 atom stereocenters. The van der Waals surface area contributed by atoms with Gasteiger partial charge in [0.1, 0.15) is 0 Å². The van der Waals surface area contributed by atoms with Gasteiger partial charge in [0.25, 0.3) is 0 Å². The van der Waals surface area contributed by atoms with Gasteiger partial charge in [-0.05, 0) is 24.7 Å². The fraction of sp³-hybridized carbons (Fsp3) is 0.909. The Bertz CT molecular complexity index is 186. The molecule has 82 valence electrons. The Hall–Kier alpha value is -0.570. The van der Waals surface area contributed by atoms with E-state index in [1.54, 1.807) is 6.92 Å². The van der Waals surface area contributed by atoms with E-state index in [9.17, 15) is 4.79 Å². The fourth-order valence-corrected chi connectivity index (χ4v) is 1.89. The molecule has 14 heavy (non-hydrogen) atoms. The smallest absolute Gasteiger partial charge is 0.216 e. The highest BCUT2D eigenvalue weighted by molar-refractivity contribution is 5.72. The number of amides is 1. The van der Waals surface area contributed by atoms with E-state index in [1.165, 1.54) is 12.8 Å².